The van der Waals surface area contributed by atoms with E-state index in [1.54, 1.807) is 31.5 Å². The van der Waals surface area contributed by atoms with Gasteiger partial charge in [0.05, 0.1) is 28.5 Å². The molecule has 2 fully saturated rings. The molecule has 1 saturated carbocycles. The summed E-state index contributed by atoms with van der Waals surface area (Å²) in [5.41, 5.74) is 0. The maximum atomic E-state index is 12.4. The highest BCUT2D eigenvalue weighted by Crippen LogP contribution is 2.38. The predicted octanol–water partition coefficient (Wildman–Crippen LogP) is 2.21. The Morgan fingerprint density at radius 3 is 2.81 bits per heavy atom. The number of nitrogens with one attached hydrogen (secondary N) is 1. The first-order valence-electron chi connectivity index (χ1n) is 8.89. The molecular formula is C18H21ClN4O3S. The number of anilines is 1. The SMILES string of the molecule is COc1ccnc(N2C[C@H]3C[C@H](O)[C@@H](NC(=O)c4ccc(Cl)s4)C[C@H]3C2)n1. The Labute approximate surface area is 166 Å². The summed E-state index contributed by atoms with van der Waals surface area (Å²) in [5, 5.41) is 13.5. The molecule has 9 heteroatoms. The monoisotopic (exact) mass is 408 g/mol. The molecule has 2 aliphatic rings. The van der Waals surface area contributed by atoms with Gasteiger partial charge in [-0.15, -0.1) is 11.3 Å². The van der Waals surface area contributed by atoms with E-state index in [9.17, 15) is 9.90 Å². The van der Waals surface area contributed by atoms with Crippen LogP contribution >= 0.6 is 22.9 Å². The Hall–Kier alpha value is -1.90. The normalized spacial score (nSPS) is 27.3. The zero-order valence-electron chi connectivity index (χ0n) is 14.8. The number of rotatable bonds is 4. The molecule has 144 valence electrons. The van der Waals surface area contributed by atoms with Crippen LogP contribution in [0.2, 0.25) is 4.34 Å². The Kier molecular flexibility index (Phi) is 5.21. The zero-order valence-corrected chi connectivity index (χ0v) is 16.4. The lowest BCUT2D eigenvalue weighted by molar-refractivity contribution is 0.0463. The minimum Gasteiger partial charge on any atom is -0.481 e. The Bertz CT molecular complexity index is 832. The van der Waals surface area contributed by atoms with E-state index in [-0.39, 0.29) is 11.9 Å². The number of nitrogens with zero attached hydrogens (tertiary/aromatic N) is 3. The molecule has 2 N–H and O–H groups in total. The molecule has 1 saturated heterocycles. The van der Waals surface area contributed by atoms with Gasteiger partial charge >= 0.3 is 0 Å². The maximum Gasteiger partial charge on any atom is 0.261 e. The summed E-state index contributed by atoms with van der Waals surface area (Å²) in [6, 6.07) is 4.87. The second-order valence-electron chi connectivity index (χ2n) is 7.05. The summed E-state index contributed by atoms with van der Waals surface area (Å²) in [6.07, 6.45) is 2.52. The summed E-state index contributed by atoms with van der Waals surface area (Å²) in [5.74, 6) is 1.74. The number of ether oxygens (including phenoxy) is 1. The van der Waals surface area contributed by atoms with Crippen LogP contribution in [0.5, 0.6) is 5.88 Å². The molecule has 3 heterocycles. The lowest BCUT2D eigenvalue weighted by atomic mass is 9.77. The van der Waals surface area contributed by atoms with Crippen LogP contribution in [0, 0.1) is 11.8 Å². The van der Waals surface area contributed by atoms with Crippen LogP contribution in [0.3, 0.4) is 0 Å². The number of amides is 1. The topological polar surface area (TPSA) is 87.6 Å². The van der Waals surface area contributed by atoms with Gasteiger partial charge < -0.3 is 20.1 Å². The highest BCUT2D eigenvalue weighted by Gasteiger charge is 2.43. The van der Waals surface area contributed by atoms with Crippen molar-refractivity contribution in [3.63, 3.8) is 0 Å². The molecular weight excluding hydrogens is 388 g/mol. The predicted molar refractivity (Wildman–Crippen MR) is 104 cm³/mol. The van der Waals surface area contributed by atoms with Crippen molar-refractivity contribution >= 4 is 34.8 Å². The van der Waals surface area contributed by atoms with Crippen LogP contribution in [0.4, 0.5) is 5.95 Å². The molecule has 0 spiro atoms. The van der Waals surface area contributed by atoms with E-state index < -0.39 is 6.10 Å². The molecule has 4 rings (SSSR count). The van der Waals surface area contributed by atoms with E-state index in [0.29, 0.717) is 39.3 Å². The van der Waals surface area contributed by atoms with E-state index in [2.05, 4.69) is 20.2 Å². The van der Waals surface area contributed by atoms with Crippen LogP contribution in [0.25, 0.3) is 0 Å². The Morgan fingerprint density at radius 2 is 2.11 bits per heavy atom. The molecule has 7 nitrogen and oxygen atoms in total. The van der Waals surface area contributed by atoms with E-state index in [1.165, 1.54) is 11.3 Å². The molecule has 2 aromatic rings. The minimum atomic E-state index is -0.559. The van der Waals surface area contributed by atoms with Gasteiger partial charge in [-0.25, -0.2) is 4.98 Å². The standard InChI is InChI=1S/C18H21ClN4O3S/c1-26-16-4-5-20-18(22-16)23-8-10-6-12(13(24)7-11(10)9-23)21-17(25)14-2-3-15(19)27-14/h2-5,10-13,24H,6-9H2,1H3,(H,21,25)/t10-,11+,12-,13-/m0/s1. The third-order valence-electron chi connectivity index (χ3n) is 5.36. The molecule has 27 heavy (non-hydrogen) atoms. The quantitative estimate of drug-likeness (QED) is 0.806. The van der Waals surface area contributed by atoms with Crippen molar-refractivity contribution in [2.75, 3.05) is 25.1 Å². The minimum absolute atomic E-state index is 0.180. The summed E-state index contributed by atoms with van der Waals surface area (Å²) < 4.78 is 5.76. The van der Waals surface area contributed by atoms with Gasteiger partial charge in [0.2, 0.25) is 11.8 Å². The summed E-state index contributed by atoms with van der Waals surface area (Å²) in [4.78, 5) is 23.9. The van der Waals surface area contributed by atoms with Crippen molar-refractivity contribution in [2.45, 2.75) is 25.0 Å². The summed E-state index contributed by atoms with van der Waals surface area (Å²) in [7, 11) is 1.58. The van der Waals surface area contributed by atoms with E-state index in [0.717, 1.165) is 19.5 Å². The van der Waals surface area contributed by atoms with Crippen molar-refractivity contribution in [1.29, 1.82) is 0 Å². The van der Waals surface area contributed by atoms with Gasteiger partial charge in [0.25, 0.3) is 5.91 Å². The number of fused-ring (bicyclic) bond motifs is 1. The van der Waals surface area contributed by atoms with E-state index >= 15 is 0 Å². The van der Waals surface area contributed by atoms with E-state index in [4.69, 9.17) is 16.3 Å². The highest BCUT2D eigenvalue weighted by atomic mass is 35.5. The second-order valence-corrected chi connectivity index (χ2v) is 8.76. The van der Waals surface area contributed by atoms with Crippen LogP contribution in [0.1, 0.15) is 22.5 Å². The van der Waals surface area contributed by atoms with Gasteiger partial charge in [0, 0.05) is 25.4 Å². The van der Waals surface area contributed by atoms with E-state index in [1.807, 2.05) is 0 Å². The maximum absolute atomic E-state index is 12.4. The molecule has 0 unspecified atom stereocenters. The van der Waals surface area contributed by atoms with Crippen LogP contribution in [-0.4, -0.2) is 53.3 Å². The lowest BCUT2D eigenvalue weighted by Crippen LogP contribution is -2.49. The molecule has 4 atom stereocenters. The van der Waals surface area contributed by atoms with Gasteiger partial charge in [-0.05, 0) is 36.8 Å². The van der Waals surface area contributed by atoms with Crippen molar-refractivity contribution in [2.24, 2.45) is 11.8 Å². The molecule has 0 aromatic carbocycles. The number of thiophene rings is 1. The van der Waals surface area contributed by atoms with Crippen molar-refractivity contribution in [1.82, 2.24) is 15.3 Å². The molecule has 1 aliphatic heterocycles. The first-order chi connectivity index (χ1) is 13.0. The second kappa shape index (κ2) is 7.61. The average Bonchev–Trinajstić information content (AvgIpc) is 3.28. The number of halogens is 1. The Morgan fingerprint density at radius 1 is 1.33 bits per heavy atom. The van der Waals surface area contributed by atoms with Gasteiger partial charge in [0.15, 0.2) is 0 Å². The van der Waals surface area contributed by atoms with Crippen LogP contribution in [-0.2, 0) is 0 Å². The Balaban J connectivity index is 1.42. The van der Waals surface area contributed by atoms with Crippen LogP contribution in [0.15, 0.2) is 24.4 Å². The van der Waals surface area contributed by atoms with Gasteiger partial charge in [-0.2, -0.15) is 4.98 Å². The average molecular weight is 409 g/mol. The molecule has 1 aliphatic carbocycles. The molecule has 1 amide bonds. The van der Waals surface area contributed by atoms with Crippen molar-refractivity contribution in [3.8, 4) is 5.88 Å². The first kappa shape index (κ1) is 18.5. The van der Waals surface area contributed by atoms with Crippen molar-refractivity contribution in [3.05, 3.63) is 33.6 Å². The summed E-state index contributed by atoms with van der Waals surface area (Å²) in [6.45, 7) is 1.61. The summed E-state index contributed by atoms with van der Waals surface area (Å²) >= 11 is 7.15. The number of hydrogen-bond acceptors (Lipinski definition) is 7. The molecule has 0 bridgehead atoms. The van der Waals surface area contributed by atoms with Gasteiger partial charge in [-0.1, -0.05) is 11.6 Å². The molecule has 0 radical (unpaired) electrons. The smallest absolute Gasteiger partial charge is 0.261 e. The van der Waals surface area contributed by atoms with Crippen LogP contribution < -0.4 is 15.0 Å². The lowest BCUT2D eigenvalue weighted by Gasteiger charge is -2.35. The fraction of sp³-hybridized carbons (Fsp3) is 0.500. The number of aliphatic hydroxyl groups is 1. The first-order valence-corrected chi connectivity index (χ1v) is 10.1. The number of methoxy groups -OCH3 is 1. The highest BCUT2D eigenvalue weighted by molar-refractivity contribution is 7.18. The van der Waals surface area contributed by atoms with Gasteiger partial charge in [-0.3, -0.25) is 4.79 Å². The number of aliphatic hydroxyl groups excluding tert-OH is 1. The number of carbonyl (C=O) groups is 1. The largest absolute Gasteiger partial charge is 0.481 e. The number of aromatic nitrogens is 2. The fourth-order valence-electron chi connectivity index (χ4n) is 4.02. The molecule has 2 aromatic heterocycles. The zero-order chi connectivity index (χ0) is 19.0. The fourth-order valence-corrected chi connectivity index (χ4v) is 4.97. The van der Waals surface area contributed by atoms with Gasteiger partial charge in [0.1, 0.15) is 0 Å². The third kappa shape index (κ3) is 3.88. The van der Waals surface area contributed by atoms with Crippen molar-refractivity contribution < 1.29 is 14.6 Å². The number of carbonyl (C=O) groups excluding carboxylic acids is 1. The third-order valence-corrected chi connectivity index (χ3v) is 6.59. The number of hydrogen-bond donors (Lipinski definition) is 2.